The molecule has 1 aliphatic heterocycles. The molecule has 1 atom stereocenters. The van der Waals surface area contributed by atoms with Crippen molar-refractivity contribution in [3.8, 4) is 5.75 Å². The van der Waals surface area contributed by atoms with Crippen LogP contribution in [0.3, 0.4) is 0 Å². The SMILES string of the molecule is O=C(CCCOc1ccccc1Br)NC1CCNC1. The highest BCUT2D eigenvalue weighted by atomic mass is 79.9. The van der Waals surface area contributed by atoms with Crippen molar-refractivity contribution in [3.05, 3.63) is 28.7 Å². The zero-order valence-electron chi connectivity index (χ0n) is 10.8. The summed E-state index contributed by atoms with van der Waals surface area (Å²) >= 11 is 3.42. The summed E-state index contributed by atoms with van der Waals surface area (Å²) in [5, 5.41) is 6.25. The van der Waals surface area contributed by atoms with Crippen molar-refractivity contribution in [2.75, 3.05) is 19.7 Å². The number of nitrogens with one attached hydrogen (secondary N) is 2. The van der Waals surface area contributed by atoms with E-state index < -0.39 is 0 Å². The molecule has 1 saturated heterocycles. The Kier molecular flexibility index (Phi) is 5.66. The van der Waals surface area contributed by atoms with Gasteiger partial charge in [0.05, 0.1) is 11.1 Å². The Morgan fingerprint density at radius 2 is 2.32 bits per heavy atom. The Bertz CT molecular complexity index is 420. The van der Waals surface area contributed by atoms with Gasteiger partial charge in [0, 0.05) is 19.0 Å². The Morgan fingerprint density at radius 3 is 3.05 bits per heavy atom. The van der Waals surface area contributed by atoms with Gasteiger partial charge in [0.2, 0.25) is 5.91 Å². The molecule has 1 unspecified atom stereocenters. The minimum atomic E-state index is 0.115. The maximum atomic E-state index is 11.7. The Hall–Kier alpha value is -1.07. The van der Waals surface area contributed by atoms with E-state index in [0.717, 1.165) is 36.2 Å². The van der Waals surface area contributed by atoms with Crippen LogP contribution in [0.25, 0.3) is 0 Å². The summed E-state index contributed by atoms with van der Waals surface area (Å²) in [5.74, 6) is 0.937. The molecule has 1 amide bonds. The second-order valence-electron chi connectivity index (χ2n) is 4.64. The predicted octanol–water partition coefficient (Wildman–Crippen LogP) is 2.09. The molecule has 1 aromatic rings. The van der Waals surface area contributed by atoms with Gasteiger partial charge in [-0.2, -0.15) is 0 Å². The van der Waals surface area contributed by atoms with Crippen molar-refractivity contribution < 1.29 is 9.53 Å². The molecule has 1 heterocycles. The summed E-state index contributed by atoms with van der Waals surface area (Å²) < 4.78 is 6.56. The van der Waals surface area contributed by atoms with E-state index in [1.165, 1.54) is 0 Å². The number of rotatable bonds is 6. The minimum Gasteiger partial charge on any atom is -0.492 e. The van der Waals surface area contributed by atoms with Crippen LogP contribution in [0.1, 0.15) is 19.3 Å². The second-order valence-corrected chi connectivity index (χ2v) is 5.49. The monoisotopic (exact) mass is 326 g/mol. The molecule has 0 saturated carbocycles. The predicted molar refractivity (Wildman–Crippen MR) is 78.3 cm³/mol. The van der Waals surface area contributed by atoms with Crippen LogP contribution in [0.15, 0.2) is 28.7 Å². The molecule has 0 spiro atoms. The largest absolute Gasteiger partial charge is 0.492 e. The molecule has 1 aromatic carbocycles. The van der Waals surface area contributed by atoms with Crippen LogP contribution in [-0.4, -0.2) is 31.6 Å². The third-order valence-electron chi connectivity index (χ3n) is 3.07. The van der Waals surface area contributed by atoms with Gasteiger partial charge in [0.25, 0.3) is 0 Å². The molecule has 2 N–H and O–H groups in total. The zero-order chi connectivity index (χ0) is 13.5. The van der Waals surface area contributed by atoms with Crippen molar-refractivity contribution >= 4 is 21.8 Å². The molecule has 5 heteroatoms. The van der Waals surface area contributed by atoms with Crippen molar-refractivity contribution in [2.24, 2.45) is 0 Å². The summed E-state index contributed by atoms with van der Waals surface area (Å²) in [6, 6.07) is 8.03. The van der Waals surface area contributed by atoms with E-state index in [0.29, 0.717) is 19.1 Å². The summed E-state index contributed by atoms with van der Waals surface area (Å²) in [5.41, 5.74) is 0. The number of hydrogen-bond acceptors (Lipinski definition) is 3. The molecule has 4 nitrogen and oxygen atoms in total. The minimum absolute atomic E-state index is 0.115. The number of halogens is 1. The van der Waals surface area contributed by atoms with Crippen LogP contribution in [0.5, 0.6) is 5.75 Å². The van der Waals surface area contributed by atoms with Gasteiger partial charge in [-0.3, -0.25) is 4.79 Å². The van der Waals surface area contributed by atoms with Crippen molar-refractivity contribution in [1.29, 1.82) is 0 Å². The van der Waals surface area contributed by atoms with Gasteiger partial charge in [0.1, 0.15) is 5.75 Å². The fourth-order valence-electron chi connectivity index (χ4n) is 2.05. The quantitative estimate of drug-likeness (QED) is 0.787. The highest BCUT2D eigenvalue weighted by molar-refractivity contribution is 9.10. The fourth-order valence-corrected chi connectivity index (χ4v) is 2.45. The normalized spacial score (nSPS) is 18.3. The number of amides is 1. The average Bonchev–Trinajstić information content (AvgIpc) is 2.89. The highest BCUT2D eigenvalue weighted by Gasteiger charge is 2.16. The molecule has 1 fully saturated rings. The van der Waals surface area contributed by atoms with E-state index in [-0.39, 0.29) is 5.91 Å². The zero-order valence-corrected chi connectivity index (χ0v) is 12.4. The lowest BCUT2D eigenvalue weighted by Crippen LogP contribution is -2.36. The van der Waals surface area contributed by atoms with E-state index in [1.807, 2.05) is 24.3 Å². The van der Waals surface area contributed by atoms with Crippen molar-refractivity contribution in [1.82, 2.24) is 10.6 Å². The Balaban J connectivity index is 1.61. The van der Waals surface area contributed by atoms with Crippen LogP contribution < -0.4 is 15.4 Å². The average molecular weight is 327 g/mol. The number of para-hydroxylation sites is 1. The summed E-state index contributed by atoms with van der Waals surface area (Å²) in [6.07, 6.45) is 2.27. The van der Waals surface area contributed by atoms with Gasteiger partial charge >= 0.3 is 0 Å². The first-order valence-electron chi connectivity index (χ1n) is 6.63. The van der Waals surface area contributed by atoms with E-state index in [2.05, 4.69) is 26.6 Å². The van der Waals surface area contributed by atoms with Crippen LogP contribution in [0.4, 0.5) is 0 Å². The van der Waals surface area contributed by atoms with Crippen molar-refractivity contribution in [2.45, 2.75) is 25.3 Å². The Morgan fingerprint density at radius 1 is 1.47 bits per heavy atom. The van der Waals surface area contributed by atoms with E-state index >= 15 is 0 Å². The van der Waals surface area contributed by atoms with Gasteiger partial charge in [-0.25, -0.2) is 0 Å². The number of hydrogen-bond donors (Lipinski definition) is 2. The lowest BCUT2D eigenvalue weighted by Gasteiger charge is -2.11. The number of carbonyl (C=O) groups is 1. The number of benzene rings is 1. The molecular formula is C14H19BrN2O2. The first-order chi connectivity index (χ1) is 9.25. The van der Waals surface area contributed by atoms with Crippen LogP contribution in [0.2, 0.25) is 0 Å². The maximum Gasteiger partial charge on any atom is 0.220 e. The lowest BCUT2D eigenvalue weighted by atomic mass is 10.2. The summed E-state index contributed by atoms with van der Waals surface area (Å²) in [4.78, 5) is 11.7. The molecule has 0 bridgehead atoms. The van der Waals surface area contributed by atoms with Gasteiger partial charge in [-0.15, -0.1) is 0 Å². The van der Waals surface area contributed by atoms with Gasteiger partial charge in [-0.05, 0) is 47.4 Å². The number of carbonyl (C=O) groups excluding carboxylic acids is 1. The smallest absolute Gasteiger partial charge is 0.220 e. The van der Waals surface area contributed by atoms with Crippen LogP contribution >= 0.6 is 15.9 Å². The molecular weight excluding hydrogens is 308 g/mol. The van der Waals surface area contributed by atoms with Crippen molar-refractivity contribution in [3.63, 3.8) is 0 Å². The molecule has 0 aliphatic carbocycles. The maximum absolute atomic E-state index is 11.7. The van der Waals surface area contributed by atoms with Crippen LogP contribution in [0, 0.1) is 0 Å². The molecule has 2 rings (SSSR count). The molecule has 0 radical (unpaired) electrons. The van der Waals surface area contributed by atoms with Crippen LogP contribution in [-0.2, 0) is 4.79 Å². The first-order valence-corrected chi connectivity index (χ1v) is 7.42. The topological polar surface area (TPSA) is 50.4 Å². The van der Waals surface area contributed by atoms with Gasteiger partial charge in [0.15, 0.2) is 0 Å². The molecule has 0 aromatic heterocycles. The Labute approximate surface area is 122 Å². The third kappa shape index (κ3) is 4.84. The standard InChI is InChI=1S/C14H19BrN2O2/c15-12-4-1-2-5-13(12)19-9-3-6-14(18)17-11-7-8-16-10-11/h1-2,4-5,11,16H,3,6-10H2,(H,17,18). The second kappa shape index (κ2) is 7.50. The fraction of sp³-hybridized carbons (Fsp3) is 0.500. The molecule has 19 heavy (non-hydrogen) atoms. The third-order valence-corrected chi connectivity index (χ3v) is 3.72. The first kappa shape index (κ1) is 14.3. The van der Waals surface area contributed by atoms with Gasteiger partial charge in [-0.1, -0.05) is 12.1 Å². The highest BCUT2D eigenvalue weighted by Crippen LogP contribution is 2.23. The van der Waals surface area contributed by atoms with E-state index in [9.17, 15) is 4.79 Å². The summed E-state index contributed by atoms with van der Waals surface area (Å²) in [7, 11) is 0. The summed E-state index contributed by atoms with van der Waals surface area (Å²) in [6.45, 7) is 2.44. The molecule has 1 aliphatic rings. The number of ether oxygens (including phenoxy) is 1. The molecule has 104 valence electrons. The van der Waals surface area contributed by atoms with E-state index in [4.69, 9.17) is 4.74 Å². The van der Waals surface area contributed by atoms with E-state index in [1.54, 1.807) is 0 Å². The van der Waals surface area contributed by atoms with Gasteiger partial charge < -0.3 is 15.4 Å². The lowest BCUT2D eigenvalue weighted by molar-refractivity contribution is -0.121.